The van der Waals surface area contributed by atoms with E-state index in [1.165, 1.54) is 18.4 Å². The van der Waals surface area contributed by atoms with E-state index in [-0.39, 0.29) is 0 Å². The Kier molecular flexibility index (Phi) is 3.98. The first-order valence-electron chi connectivity index (χ1n) is 6.69. The van der Waals surface area contributed by atoms with Gasteiger partial charge in [-0.15, -0.1) is 0 Å². The van der Waals surface area contributed by atoms with Crippen molar-refractivity contribution in [2.75, 3.05) is 0 Å². The molecule has 1 aliphatic rings. The lowest BCUT2D eigenvalue weighted by atomic mass is 10.2. The molecule has 2 heterocycles. The van der Waals surface area contributed by atoms with E-state index in [4.69, 9.17) is 4.74 Å². The van der Waals surface area contributed by atoms with Gasteiger partial charge in [-0.3, -0.25) is 4.98 Å². The first kappa shape index (κ1) is 13.5. The number of nitrogens with zero attached hydrogens (tertiary/aromatic N) is 2. The van der Waals surface area contributed by atoms with E-state index < -0.39 is 0 Å². The van der Waals surface area contributed by atoms with E-state index in [0.717, 1.165) is 16.7 Å². The maximum Gasteiger partial charge on any atom is 0.219 e. The molecule has 0 spiro atoms. The predicted molar refractivity (Wildman–Crippen MR) is 80.8 cm³/mol. The Hall–Kier alpha value is -1.46. The molecule has 5 heteroatoms. The maximum absolute atomic E-state index is 5.71. The highest BCUT2D eigenvalue weighted by molar-refractivity contribution is 9.10. The van der Waals surface area contributed by atoms with Crippen LogP contribution in [0.15, 0.2) is 35.1 Å². The molecule has 2 aromatic heterocycles. The number of rotatable bonds is 5. The number of ether oxygens (including phenoxy) is 1. The lowest BCUT2D eigenvalue weighted by Crippen LogP contribution is -2.16. The summed E-state index contributed by atoms with van der Waals surface area (Å²) in [5.74, 6) is 1.27. The van der Waals surface area contributed by atoms with Crippen LogP contribution in [0.25, 0.3) is 0 Å². The molecule has 20 heavy (non-hydrogen) atoms. The largest absolute Gasteiger partial charge is 0.437 e. The van der Waals surface area contributed by atoms with Crippen LogP contribution in [0.1, 0.15) is 24.1 Å². The summed E-state index contributed by atoms with van der Waals surface area (Å²) < 4.78 is 6.60. The summed E-state index contributed by atoms with van der Waals surface area (Å²) in [5, 5.41) is 3.49. The molecule has 0 aliphatic heterocycles. The highest BCUT2D eigenvalue weighted by Crippen LogP contribution is 2.23. The van der Waals surface area contributed by atoms with Gasteiger partial charge in [-0.05, 0) is 47.3 Å². The Bertz CT molecular complexity index is 614. The van der Waals surface area contributed by atoms with Crippen LogP contribution < -0.4 is 10.1 Å². The van der Waals surface area contributed by atoms with Crippen molar-refractivity contribution in [3.8, 4) is 11.6 Å². The molecule has 1 N–H and O–H groups in total. The van der Waals surface area contributed by atoms with Gasteiger partial charge >= 0.3 is 0 Å². The molecule has 1 aliphatic carbocycles. The molecule has 0 amide bonds. The van der Waals surface area contributed by atoms with Gasteiger partial charge in [0, 0.05) is 35.0 Å². The minimum atomic E-state index is 0.595. The zero-order valence-electron chi connectivity index (χ0n) is 11.3. The smallest absolute Gasteiger partial charge is 0.219 e. The van der Waals surface area contributed by atoms with Crippen LogP contribution in [0, 0.1) is 6.92 Å². The molecular formula is C15H16BrN3O. The molecule has 4 nitrogen and oxygen atoms in total. The first-order chi connectivity index (χ1) is 9.70. The van der Waals surface area contributed by atoms with Crippen LogP contribution in [0.3, 0.4) is 0 Å². The topological polar surface area (TPSA) is 47.0 Å². The third-order valence-electron chi connectivity index (χ3n) is 3.23. The number of hydrogen-bond acceptors (Lipinski definition) is 4. The summed E-state index contributed by atoms with van der Waals surface area (Å²) in [6.45, 7) is 2.89. The molecule has 0 unspecified atom stereocenters. The van der Waals surface area contributed by atoms with Crippen LogP contribution in [0.5, 0.6) is 11.6 Å². The Balaban J connectivity index is 1.69. The van der Waals surface area contributed by atoms with E-state index >= 15 is 0 Å². The fraction of sp³-hybridized carbons (Fsp3) is 0.333. The molecule has 1 fully saturated rings. The minimum absolute atomic E-state index is 0.595. The van der Waals surface area contributed by atoms with Crippen LogP contribution >= 0.6 is 15.9 Å². The third kappa shape index (κ3) is 3.55. The van der Waals surface area contributed by atoms with Crippen molar-refractivity contribution in [2.45, 2.75) is 32.4 Å². The van der Waals surface area contributed by atoms with Crippen LogP contribution in [0.4, 0.5) is 0 Å². The van der Waals surface area contributed by atoms with Crippen molar-refractivity contribution in [2.24, 2.45) is 0 Å². The van der Waals surface area contributed by atoms with Crippen molar-refractivity contribution < 1.29 is 4.74 Å². The van der Waals surface area contributed by atoms with Crippen LogP contribution in [-0.2, 0) is 6.54 Å². The van der Waals surface area contributed by atoms with E-state index in [1.54, 1.807) is 12.4 Å². The number of aromatic nitrogens is 2. The Labute approximate surface area is 126 Å². The summed E-state index contributed by atoms with van der Waals surface area (Å²) in [6, 6.07) is 6.54. The fourth-order valence-corrected chi connectivity index (χ4v) is 2.27. The quantitative estimate of drug-likeness (QED) is 0.908. The summed E-state index contributed by atoms with van der Waals surface area (Å²) in [5.41, 5.74) is 2.22. The van der Waals surface area contributed by atoms with Gasteiger partial charge in [0.25, 0.3) is 0 Å². The summed E-state index contributed by atoms with van der Waals surface area (Å²) >= 11 is 3.37. The van der Waals surface area contributed by atoms with Gasteiger partial charge in [-0.2, -0.15) is 0 Å². The van der Waals surface area contributed by atoms with Gasteiger partial charge in [0.15, 0.2) is 0 Å². The first-order valence-corrected chi connectivity index (χ1v) is 7.48. The lowest BCUT2D eigenvalue weighted by Gasteiger charge is -2.09. The molecular weight excluding hydrogens is 318 g/mol. The van der Waals surface area contributed by atoms with Gasteiger partial charge in [-0.25, -0.2) is 4.98 Å². The van der Waals surface area contributed by atoms with Gasteiger partial charge in [0.2, 0.25) is 5.88 Å². The Morgan fingerprint density at radius 2 is 2.20 bits per heavy atom. The van der Waals surface area contributed by atoms with Gasteiger partial charge in [0.05, 0.1) is 6.20 Å². The van der Waals surface area contributed by atoms with Crippen molar-refractivity contribution in [3.05, 3.63) is 46.3 Å². The fourth-order valence-electron chi connectivity index (χ4n) is 1.92. The molecule has 0 aromatic carbocycles. The van der Waals surface area contributed by atoms with E-state index in [9.17, 15) is 0 Å². The van der Waals surface area contributed by atoms with Crippen molar-refractivity contribution in [1.82, 2.24) is 15.3 Å². The van der Waals surface area contributed by atoms with E-state index in [0.29, 0.717) is 17.7 Å². The number of pyridine rings is 2. The van der Waals surface area contributed by atoms with Crippen molar-refractivity contribution in [3.63, 3.8) is 0 Å². The Morgan fingerprint density at radius 3 is 2.90 bits per heavy atom. The predicted octanol–water partition coefficient (Wildman–Crippen LogP) is 3.59. The summed E-state index contributed by atoms with van der Waals surface area (Å²) in [6.07, 6.45) is 5.98. The van der Waals surface area contributed by atoms with Crippen molar-refractivity contribution >= 4 is 15.9 Å². The summed E-state index contributed by atoms with van der Waals surface area (Å²) in [4.78, 5) is 8.56. The van der Waals surface area contributed by atoms with Gasteiger partial charge < -0.3 is 10.1 Å². The SMILES string of the molecule is Cc1nc(Oc2cncc(Br)c2)ccc1CNC1CC1. The summed E-state index contributed by atoms with van der Waals surface area (Å²) in [7, 11) is 0. The number of aryl methyl sites for hydroxylation is 1. The number of hydrogen-bond donors (Lipinski definition) is 1. The second-order valence-corrected chi connectivity index (χ2v) is 5.91. The molecule has 3 rings (SSSR count). The van der Waals surface area contributed by atoms with E-state index in [2.05, 4.69) is 37.3 Å². The highest BCUT2D eigenvalue weighted by Gasteiger charge is 2.20. The molecule has 0 bridgehead atoms. The average Bonchev–Trinajstić information content (AvgIpc) is 3.22. The molecule has 0 atom stereocenters. The molecule has 2 aromatic rings. The minimum Gasteiger partial charge on any atom is -0.437 e. The normalized spacial score (nSPS) is 14.3. The standard InChI is InChI=1S/C15H16BrN3O/c1-10-11(7-18-13-3-4-13)2-5-15(19-10)20-14-6-12(16)8-17-9-14/h2,5-6,8-9,13,18H,3-4,7H2,1H3. The highest BCUT2D eigenvalue weighted by atomic mass is 79.9. The molecule has 104 valence electrons. The number of halogens is 1. The zero-order valence-corrected chi connectivity index (χ0v) is 12.9. The van der Waals surface area contributed by atoms with Gasteiger partial charge in [0.1, 0.15) is 5.75 Å². The van der Waals surface area contributed by atoms with E-state index in [1.807, 2.05) is 19.1 Å². The maximum atomic E-state index is 5.71. The number of nitrogens with one attached hydrogen (secondary N) is 1. The second kappa shape index (κ2) is 5.89. The Morgan fingerprint density at radius 1 is 1.35 bits per heavy atom. The van der Waals surface area contributed by atoms with Crippen LogP contribution in [0.2, 0.25) is 0 Å². The average molecular weight is 334 g/mol. The lowest BCUT2D eigenvalue weighted by molar-refractivity contribution is 0.458. The van der Waals surface area contributed by atoms with Crippen LogP contribution in [-0.4, -0.2) is 16.0 Å². The monoisotopic (exact) mass is 333 g/mol. The molecule has 0 radical (unpaired) electrons. The third-order valence-corrected chi connectivity index (χ3v) is 3.66. The molecule has 1 saturated carbocycles. The van der Waals surface area contributed by atoms with Gasteiger partial charge in [-0.1, -0.05) is 6.07 Å². The van der Waals surface area contributed by atoms with Crippen molar-refractivity contribution in [1.29, 1.82) is 0 Å². The molecule has 0 saturated heterocycles. The zero-order chi connectivity index (χ0) is 13.9. The second-order valence-electron chi connectivity index (χ2n) is 4.99.